The normalized spacial score (nSPS) is 11.6. The highest BCUT2D eigenvalue weighted by atomic mass is 79.9. The third-order valence-corrected chi connectivity index (χ3v) is 3.22. The van der Waals surface area contributed by atoms with Crippen LogP contribution in [0.25, 0.3) is 0 Å². The molecule has 0 aliphatic heterocycles. The minimum absolute atomic E-state index is 0.0140. The van der Waals surface area contributed by atoms with Gasteiger partial charge in [-0.1, -0.05) is 29.3 Å². The molecule has 0 fully saturated rings. The topological polar surface area (TPSA) is 90.5 Å². The van der Waals surface area contributed by atoms with Crippen LogP contribution in [-0.2, 0) is 4.79 Å². The van der Waals surface area contributed by atoms with Crippen LogP contribution in [0.4, 0.5) is 14.9 Å². The largest absolute Gasteiger partial charge is 0.372 e. The van der Waals surface area contributed by atoms with Crippen LogP contribution in [0.5, 0.6) is 0 Å². The third-order valence-electron chi connectivity index (χ3n) is 2.73. The number of nitrogens with one attached hydrogen (secondary N) is 3. The Bertz CT molecular complexity index is 528. The van der Waals surface area contributed by atoms with Crippen molar-refractivity contribution in [3.05, 3.63) is 28.5 Å². The average molecular weight is 376 g/mol. The van der Waals surface area contributed by atoms with E-state index in [1.807, 2.05) is 6.92 Å². The van der Waals surface area contributed by atoms with Gasteiger partial charge in [0.25, 0.3) is 0 Å². The summed E-state index contributed by atoms with van der Waals surface area (Å²) in [4.78, 5) is 23.0. The van der Waals surface area contributed by atoms with Crippen molar-refractivity contribution in [2.24, 2.45) is 0 Å². The Morgan fingerprint density at radius 1 is 1.41 bits per heavy atom. The van der Waals surface area contributed by atoms with Crippen molar-refractivity contribution in [3.63, 3.8) is 0 Å². The van der Waals surface area contributed by atoms with Gasteiger partial charge in [0.05, 0.1) is 12.2 Å². The van der Waals surface area contributed by atoms with E-state index in [9.17, 15) is 19.1 Å². The molecule has 6 nitrogen and oxygen atoms in total. The van der Waals surface area contributed by atoms with Gasteiger partial charge in [0.2, 0.25) is 5.91 Å². The first-order valence-corrected chi connectivity index (χ1v) is 7.69. The number of anilines is 1. The molecule has 1 aromatic rings. The molecule has 0 heterocycles. The summed E-state index contributed by atoms with van der Waals surface area (Å²) in [6.07, 6.45) is 0.775. The fourth-order valence-corrected chi connectivity index (χ4v) is 1.92. The molecule has 0 unspecified atom stereocenters. The molecule has 0 saturated carbocycles. The second kappa shape index (κ2) is 9.37. The van der Waals surface area contributed by atoms with Gasteiger partial charge in [0, 0.05) is 10.9 Å². The Kier molecular flexibility index (Phi) is 7.83. The predicted molar refractivity (Wildman–Crippen MR) is 84.8 cm³/mol. The van der Waals surface area contributed by atoms with Crippen LogP contribution in [0.1, 0.15) is 26.2 Å². The van der Waals surface area contributed by atoms with Gasteiger partial charge in [-0.3, -0.25) is 4.79 Å². The lowest BCUT2D eigenvalue weighted by atomic mass is 10.2. The lowest BCUT2D eigenvalue weighted by Gasteiger charge is -2.15. The van der Waals surface area contributed by atoms with E-state index >= 15 is 0 Å². The highest BCUT2D eigenvalue weighted by Crippen LogP contribution is 2.19. The van der Waals surface area contributed by atoms with E-state index in [4.69, 9.17) is 0 Å². The maximum Gasteiger partial charge on any atom is 0.321 e. The fourth-order valence-electron chi connectivity index (χ4n) is 1.59. The number of carbonyl (C=O) groups excluding carboxylic acids is 2. The molecule has 22 heavy (non-hydrogen) atoms. The third kappa shape index (κ3) is 6.86. The zero-order chi connectivity index (χ0) is 16.5. The van der Waals surface area contributed by atoms with Crippen LogP contribution < -0.4 is 16.0 Å². The SMILES string of the molecule is CCCCC(=O)NC[C@H](O)NC(=O)Nc1ccc(Br)cc1F. The number of hydrogen-bond donors (Lipinski definition) is 4. The number of amides is 3. The molecule has 0 aliphatic carbocycles. The molecule has 0 aliphatic rings. The molecule has 0 aromatic heterocycles. The van der Waals surface area contributed by atoms with E-state index in [1.165, 1.54) is 12.1 Å². The van der Waals surface area contributed by atoms with Gasteiger partial charge >= 0.3 is 6.03 Å². The summed E-state index contributed by atoms with van der Waals surface area (Å²) < 4.78 is 14.1. The van der Waals surface area contributed by atoms with E-state index < -0.39 is 18.1 Å². The zero-order valence-corrected chi connectivity index (χ0v) is 13.7. The number of rotatable bonds is 7. The lowest BCUT2D eigenvalue weighted by Crippen LogP contribution is -2.45. The summed E-state index contributed by atoms with van der Waals surface area (Å²) in [5.41, 5.74) is -0.0140. The van der Waals surface area contributed by atoms with E-state index in [0.717, 1.165) is 12.8 Å². The van der Waals surface area contributed by atoms with Crippen molar-refractivity contribution in [1.82, 2.24) is 10.6 Å². The standard InChI is InChI=1S/C14H19BrFN3O3/c1-2-3-4-12(20)17-8-13(21)19-14(22)18-11-6-5-9(15)7-10(11)16/h5-7,13,21H,2-4,8H2,1H3,(H,17,20)(H2,18,19,22)/t13-/m0/s1. The van der Waals surface area contributed by atoms with Crippen molar-refractivity contribution < 1.29 is 19.1 Å². The van der Waals surface area contributed by atoms with E-state index in [0.29, 0.717) is 10.9 Å². The summed E-state index contributed by atoms with van der Waals surface area (Å²) in [7, 11) is 0. The van der Waals surface area contributed by atoms with Crippen molar-refractivity contribution in [2.45, 2.75) is 32.4 Å². The number of aliphatic hydroxyl groups is 1. The quantitative estimate of drug-likeness (QED) is 0.551. The lowest BCUT2D eigenvalue weighted by molar-refractivity contribution is -0.121. The van der Waals surface area contributed by atoms with Crippen LogP contribution in [0.15, 0.2) is 22.7 Å². The molecule has 0 radical (unpaired) electrons. The van der Waals surface area contributed by atoms with Gasteiger partial charge in [-0.15, -0.1) is 0 Å². The number of urea groups is 1. The first-order chi connectivity index (χ1) is 10.4. The van der Waals surface area contributed by atoms with Crippen molar-refractivity contribution in [1.29, 1.82) is 0 Å². The van der Waals surface area contributed by atoms with Crippen LogP contribution in [-0.4, -0.2) is 29.8 Å². The molecule has 4 N–H and O–H groups in total. The van der Waals surface area contributed by atoms with Crippen LogP contribution in [0, 0.1) is 5.82 Å². The predicted octanol–water partition coefficient (Wildman–Crippen LogP) is 2.33. The van der Waals surface area contributed by atoms with Crippen LogP contribution >= 0.6 is 15.9 Å². The summed E-state index contributed by atoms with van der Waals surface area (Å²) in [5.74, 6) is -0.797. The van der Waals surface area contributed by atoms with Gasteiger partial charge in [0.15, 0.2) is 0 Å². The number of unbranched alkanes of at least 4 members (excludes halogenated alkanes) is 1. The number of aliphatic hydroxyl groups excluding tert-OH is 1. The Hall–Kier alpha value is -1.67. The van der Waals surface area contributed by atoms with Crippen molar-refractivity contribution in [3.8, 4) is 0 Å². The average Bonchev–Trinajstić information content (AvgIpc) is 2.46. The number of hydrogen-bond acceptors (Lipinski definition) is 3. The number of halogens is 2. The first kappa shape index (κ1) is 18.4. The molecule has 0 bridgehead atoms. The Morgan fingerprint density at radius 3 is 2.77 bits per heavy atom. The summed E-state index contributed by atoms with van der Waals surface area (Å²) in [6.45, 7) is 1.86. The molecule has 122 valence electrons. The second-order valence-corrected chi connectivity index (χ2v) is 5.56. The fraction of sp³-hybridized carbons (Fsp3) is 0.429. The maximum absolute atomic E-state index is 13.5. The zero-order valence-electron chi connectivity index (χ0n) is 12.2. The Morgan fingerprint density at radius 2 is 2.14 bits per heavy atom. The van der Waals surface area contributed by atoms with Gasteiger partial charge in [-0.25, -0.2) is 9.18 Å². The monoisotopic (exact) mass is 375 g/mol. The molecule has 1 atom stereocenters. The van der Waals surface area contributed by atoms with Gasteiger partial charge in [-0.05, 0) is 24.6 Å². The molecule has 0 spiro atoms. The Labute approximate surface area is 136 Å². The highest BCUT2D eigenvalue weighted by Gasteiger charge is 2.12. The van der Waals surface area contributed by atoms with Crippen molar-refractivity contribution >= 4 is 33.6 Å². The minimum Gasteiger partial charge on any atom is -0.372 e. The molecule has 0 saturated heterocycles. The van der Waals surface area contributed by atoms with E-state index in [2.05, 4.69) is 31.9 Å². The van der Waals surface area contributed by atoms with Gasteiger partial charge in [0.1, 0.15) is 12.0 Å². The highest BCUT2D eigenvalue weighted by molar-refractivity contribution is 9.10. The molecule has 3 amide bonds. The Balaban J connectivity index is 2.36. The van der Waals surface area contributed by atoms with Gasteiger partial charge in [-0.2, -0.15) is 0 Å². The number of benzene rings is 1. The number of carbonyl (C=O) groups is 2. The maximum atomic E-state index is 13.5. The van der Waals surface area contributed by atoms with Crippen LogP contribution in [0.3, 0.4) is 0 Å². The smallest absolute Gasteiger partial charge is 0.321 e. The minimum atomic E-state index is -1.26. The van der Waals surface area contributed by atoms with Crippen molar-refractivity contribution in [2.75, 3.05) is 11.9 Å². The van der Waals surface area contributed by atoms with E-state index in [-0.39, 0.29) is 18.1 Å². The second-order valence-electron chi connectivity index (χ2n) is 4.65. The van der Waals surface area contributed by atoms with Gasteiger partial charge < -0.3 is 21.1 Å². The molecular formula is C14H19BrFN3O3. The summed E-state index contributed by atoms with van der Waals surface area (Å²) >= 11 is 3.11. The molecule has 1 aromatic carbocycles. The summed E-state index contributed by atoms with van der Waals surface area (Å²) in [5, 5.41) is 16.6. The molecule has 8 heteroatoms. The van der Waals surface area contributed by atoms with Crippen LogP contribution in [0.2, 0.25) is 0 Å². The van der Waals surface area contributed by atoms with E-state index in [1.54, 1.807) is 6.07 Å². The summed E-state index contributed by atoms with van der Waals surface area (Å²) in [6, 6.07) is 3.40. The molecular weight excluding hydrogens is 357 g/mol. The first-order valence-electron chi connectivity index (χ1n) is 6.89. The molecule has 1 rings (SSSR count).